The molecule has 2 aromatic rings. The summed E-state index contributed by atoms with van der Waals surface area (Å²) in [7, 11) is 1.62. The van der Waals surface area contributed by atoms with Crippen molar-refractivity contribution in [3.63, 3.8) is 0 Å². The van der Waals surface area contributed by atoms with Crippen LogP contribution in [-0.2, 0) is 0 Å². The van der Waals surface area contributed by atoms with E-state index in [0.29, 0.717) is 10.8 Å². The lowest BCUT2D eigenvalue weighted by atomic mass is 10.1. The summed E-state index contributed by atoms with van der Waals surface area (Å²) in [6.07, 6.45) is 0. The Morgan fingerprint density at radius 1 is 1.10 bits per heavy atom. The van der Waals surface area contributed by atoms with Crippen LogP contribution >= 0.6 is 27.5 Å². The first-order valence-electron chi connectivity index (χ1n) is 6.09. The Hall–Kier alpha value is -1.39. The molecule has 0 radical (unpaired) electrons. The van der Waals surface area contributed by atoms with Crippen LogP contribution in [0.1, 0.15) is 11.1 Å². The molecular weight excluding hydrogens is 340 g/mol. The summed E-state index contributed by atoms with van der Waals surface area (Å²) < 4.78 is 6.26. The smallest absolute Gasteiger partial charge is 0.143 e. The summed E-state index contributed by atoms with van der Waals surface area (Å²) in [5.74, 6) is 0.696. The normalized spacial score (nSPS) is 10.4. The molecule has 3 nitrogen and oxygen atoms in total. The van der Waals surface area contributed by atoms with Gasteiger partial charge in [-0.15, -0.1) is 0 Å². The number of hydrogen-bond acceptors (Lipinski definition) is 3. The average Bonchev–Trinajstić information content (AvgIpc) is 2.39. The molecule has 5 heteroatoms. The SMILES string of the molecule is COc1cc(Cl)c(C)cc1Nc1cc(C)c(N)cc1Br. The molecule has 0 bridgehead atoms. The van der Waals surface area contributed by atoms with Gasteiger partial charge < -0.3 is 15.8 Å². The molecule has 20 heavy (non-hydrogen) atoms. The highest BCUT2D eigenvalue weighted by molar-refractivity contribution is 9.10. The van der Waals surface area contributed by atoms with Crippen molar-refractivity contribution >= 4 is 44.6 Å². The summed E-state index contributed by atoms with van der Waals surface area (Å²) >= 11 is 9.62. The number of methoxy groups -OCH3 is 1. The Bertz CT molecular complexity index is 659. The molecule has 0 aliphatic rings. The van der Waals surface area contributed by atoms with E-state index in [4.69, 9.17) is 22.1 Å². The zero-order valence-electron chi connectivity index (χ0n) is 11.6. The number of nitrogens with two attached hydrogens (primary N) is 1. The first-order chi connectivity index (χ1) is 9.42. The highest BCUT2D eigenvalue weighted by Crippen LogP contribution is 2.36. The van der Waals surface area contributed by atoms with Crippen LogP contribution in [0.25, 0.3) is 0 Å². The van der Waals surface area contributed by atoms with Crippen molar-refractivity contribution in [3.8, 4) is 5.75 Å². The number of halogens is 2. The maximum Gasteiger partial charge on any atom is 0.143 e. The molecule has 0 fully saturated rings. The van der Waals surface area contributed by atoms with Crippen molar-refractivity contribution in [2.24, 2.45) is 0 Å². The Balaban J connectivity index is 2.44. The van der Waals surface area contributed by atoms with E-state index in [9.17, 15) is 0 Å². The van der Waals surface area contributed by atoms with E-state index in [1.165, 1.54) is 0 Å². The summed E-state index contributed by atoms with van der Waals surface area (Å²) in [6, 6.07) is 7.63. The minimum atomic E-state index is 0.681. The van der Waals surface area contributed by atoms with Gasteiger partial charge in [-0.2, -0.15) is 0 Å². The predicted octanol–water partition coefficient (Wildman–Crippen LogP) is 5.05. The van der Waals surface area contributed by atoms with Crippen molar-refractivity contribution in [1.82, 2.24) is 0 Å². The van der Waals surface area contributed by atoms with Gasteiger partial charge >= 0.3 is 0 Å². The van der Waals surface area contributed by atoms with Crippen molar-refractivity contribution in [3.05, 3.63) is 44.9 Å². The Morgan fingerprint density at radius 2 is 1.75 bits per heavy atom. The van der Waals surface area contributed by atoms with Gasteiger partial charge in [0.25, 0.3) is 0 Å². The first-order valence-corrected chi connectivity index (χ1v) is 7.26. The largest absolute Gasteiger partial charge is 0.495 e. The van der Waals surface area contributed by atoms with Gasteiger partial charge in [0.1, 0.15) is 5.75 Å². The molecule has 3 N–H and O–H groups in total. The van der Waals surface area contributed by atoms with Gasteiger partial charge in [0.05, 0.1) is 18.5 Å². The maximum atomic E-state index is 6.11. The van der Waals surface area contributed by atoms with Crippen LogP contribution in [-0.4, -0.2) is 7.11 Å². The number of hydrogen-bond donors (Lipinski definition) is 2. The molecule has 0 spiro atoms. The monoisotopic (exact) mass is 354 g/mol. The third kappa shape index (κ3) is 3.02. The first kappa shape index (κ1) is 15.0. The fourth-order valence-electron chi connectivity index (χ4n) is 1.87. The van der Waals surface area contributed by atoms with Crippen LogP contribution in [0, 0.1) is 13.8 Å². The summed E-state index contributed by atoms with van der Waals surface area (Å²) in [4.78, 5) is 0. The van der Waals surface area contributed by atoms with Crippen LogP contribution in [0.5, 0.6) is 5.75 Å². The summed E-state index contributed by atoms with van der Waals surface area (Å²) in [6.45, 7) is 3.92. The molecule has 0 aliphatic carbocycles. The maximum absolute atomic E-state index is 6.11. The highest BCUT2D eigenvalue weighted by Gasteiger charge is 2.10. The standard InChI is InChI=1S/C15H16BrClN2O/c1-8-4-14(15(20-3)7-11(8)17)19-13-5-9(2)12(18)6-10(13)16/h4-7,19H,18H2,1-3H3. The van der Waals surface area contributed by atoms with Gasteiger partial charge in [-0.1, -0.05) is 11.6 Å². The van der Waals surface area contributed by atoms with E-state index < -0.39 is 0 Å². The second-order valence-electron chi connectivity index (χ2n) is 4.62. The van der Waals surface area contributed by atoms with E-state index in [0.717, 1.165) is 32.7 Å². The molecule has 0 amide bonds. The van der Waals surface area contributed by atoms with E-state index >= 15 is 0 Å². The molecule has 0 saturated carbocycles. The van der Waals surface area contributed by atoms with E-state index in [-0.39, 0.29) is 0 Å². The Labute approximate surface area is 132 Å². The van der Waals surface area contributed by atoms with Crippen LogP contribution in [0.15, 0.2) is 28.7 Å². The lowest BCUT2D eigenvalue weighted by Crippen LogP contribution is -1.98. The van der Waals surface area contributed by atoms with Crippen molar-refractivity contribution in [1.29, 1.82) is 0 Å². The van der Waals surface area contributed by atoms with Gasteiger partial charge in [-0.3, -0.25) is 0 Å². The average molecular weight is 356 g/mol. The van der Waals surface area contributed by atoms with E-state index in [2.05, 4.69) is 21.2 Å². The van der Waals surface area contributed by atoms with Crippen LogP contribution in [0.3, 0.4) is 0 Å². The number of nitrogens with one attached hydrogen (secondary N) is 1. The van der Waals surface area contributed by atoms with Gasteiger partial charge in [-0.25, -0.2) is 0 Å². The van der Waals surface area contributed by atoms with Crippen molar-refractivity contribution in [2.75, 3.05) is 18.2 Å². The fourth-order valence-corrected chi connectivity index (χ4v) is 2.48. The lowest BCUT2D eigenvalue weighted by Gasteiger charge is -2.15. The van der Waals surface area contributed by atoms with Crippen LogP contribution < -0.4 is 15.8 Å². The summed E-state index contributed by atoms with van der Waals surface area (Å²) in [5, 5.41) is 4.02. The van der Waals surface area contributed by atoms with Gasteiger partial charge in [0.15, 0.2) is 0 Å². The molecule has 106 valence electrons. The zero-order valence-corrected chi connectivity index (χ0v) is 13.9. The third-order valence-corrected chi connectivity index (χ3v) is 4.17. The number of ether oxygens (including phenoxy) is 1. The molecule has 0 atom stereocenters. The number of anilines is 3. The van der Waals surface area contributed by atoms with Gasteiger partial charge in [-0.05, 0) is 59.1 Å². The molecule has 0 saturated heterocycles. The number of nitrogen functional groups attached to an aromatic ring is 1. The van der Waals surface area contributed by atoms with Crippen molar-refractivity contribution < 1.29 is 4.74 Å². The quantitative estimate of drug-likeness (QED) is 0.757. The Morgan fingerprint density at radius 3 is 2.40 bits per heavy atom. The van der Waals surface area contributed by atoms with E-state index in [1.54, 1.807) is 13.2 Å². The molecule has 0 aromatic heterocycles. The number of benzene rings is 2. The second-order valence-corrected chi connectivity index (χ2v) is 5.88. The number of aryl methyl sites for hydroxylation is 2. The molecular formula is C15H16BrClN2O. The minimum absolute atomic E-state index is 0.681. The lowest BCUT2D eigenvalue weighted by molar-refractivity contribution is 0.417. The molecule has 0 heterocycles. The molecule has 2 aromatic carbocycles. The van der Waals surface area contributed by atoms with Crippen LogP contribution in [0.4, 0.5) is 17.1 Å². The number of rotatable bonds is 3. The topological polar surface area (TPSA) is 47.3 Å². The van der Waals surface area contributed by atoms with Gasteiger partial charge in [0.2, 0.25) is 0 Å². The molecule has 0 aliphatic heterocycles. The highest BCUT2D eigenvalue weighted by atomic mass is 79.9. The summed E-state index contributed by atoms with van der Waals surface area (Å²) in [5.41, 5.74) is 10.4. The second kappa shape index (κ2) is 5.94. The van der Waals surface area contributed by atoms with Crippen LogP contribution in [0.2, 0.25) is 5.02 Å². The molecule has 2 rings (SSSR count). The fraction of sp³-hybridized carbons (Fsp3) is 0.200. The zero-order chi connectivity index (χ0) is 14.9. The Kier molecular flexibility index (Phi) is 4.45. The van der Waals surface area contributed by atoms with Gasteiger partial charge in [0, 0.05) is 21.2 Å². The predicted molar refractivity (Wildman–Crippen MR) is 89.3 cm³/mol. The minimum Gasteiger partial charge on any atom is -0.495 e. The van der Waals surface area contributed by atoms with Crippen molar-refractivity contribution in [2.45, 2.75) is 13.8 Å². The third-order valence-electron chi connectivity index (χ3n) is 3.11. The molecule has 0 unspecified atom stereocenters. The van der Waals surface area contributed by atoms with E-state index in [1.807, 2.05) is 32.0 Å².